The van der Waals surface area contributed by atoms with Crippen LogP contribution in [0.4, 0.5) is 0 Å². The Bertz CT molecular complexity index is 115. The van der Waals surface area contributed by atoms with Gasteiger partial charge in [-0.3, -0.25) is 0 Å². The van der Waals surface area contributed by atoms with Crippen molar-refractivity contribution in [2.75, 3.05) is 0 Å². The van der Waals surface area contributed by atoms with E-state index in [9.17, 15) is 0 Å². The Labute approximate surface area is 47.7 Å². The van der Waals surface area contributed by atoms with Crippen molar-refractivity contribution in [2.24, 2.45) is 4.40 Å². The zero-order valence-corrected chi connectivity index (χ0v) is 5.03. The molecule has 2 heteroatoms. The summed E-state index contributed by atoms with van der Waals surface area (Å²) in [5.74, 6) is 0. The van der Waals surface area contributed by atoms with Crippen molar-refractivity contribution in [3.05, 3.63) is 11.0 Å². The van der Waals surface area contributed by atoms with Crippen LogP contribution in [0.25, 0.3) is 0 Å². The highest BCUT2D eigenvalue weighted by atomic mass is 32.2. The molecule has 1 aliphatic rings. The first-order valence-corrected chi connectivity index (χ1v) is 3.06. The van der Waals surface area contributed by atoms with Gasteiger partial charge in [0.05, 0.1) is 0 Å². The fourth-order valence-corrected chi connectivity index (χ4v) is 0.890. The van der Waals surface area contributed by atoms with E-state index in [0.29, 0.717) is 0 Å². The molecule has 0 spiro atoms. The van der Waals surface area contributed by atoms with Crippen LogP contribution in [0.15, 0.2) is 15.4 Å². The highest BCUT2D eigenvalue weighted by molar-refractivity contribution is 8.01. The molecule has 0 radical (unpaired) electrons. The minimum Gasteiger partial charge on any atom is -0.224 e. The number of hydrogen-bond donors (Lipinski definition) is 0. The molecule has 0 atom stereocenters. The van der Waals surface area contributed by atoms with Crippen LogP contribution >= 0.6 is 11.9 Å². The van der Waals surface area contributed by atoms with Gasteiger partial charge in [-0.2, -0.15) is 0 Å². The summed E-state index contributed by atoms with van der Waals surface area (Å²) >= 11 is 1.51. The second-order valence-electron chi connectivity index (χ2n) is 1.56. The van der Waals surface area contributed by atoms with Gasteiger partial charge in [-0.05, 0) is 12.3 Å². The molecule has 0 aromatic rings. The van der Waals surface area contributed by atoms with E-state index in [4.69, 9.17) is 0 Å². The maximum Gasteiger partial charge on any atom is 0.0170 e. The zero-order valence-electron chi connectivity index (χ0n) is 4.22. The minimum atomic E-state index is 1.03. The normalized spacial score (nSPS) is 19.3. The molecule has 7 heavy (non-hydrogen) atoms. The molecule has 0 fully saturated rings. The monoisotopic (exact) mass is 113 g/mol. The van der Waals surface area contributed by atoms with E-state index in [2.05, 4.69) is 16.7 Å². The van der Waals surface area contributed by atoms with Crippen LogP contribution in [-0.2, 0) is 0 Å². The van der Waals surface area contributed by atoms with Crippen LogP contribution in [0, 0.1) is 0 Å². The third-order valence-electron chi connectivity index (χ3n) is 0.803. The average molecular weight is 113 g/mol. The molecule has 0 aromatic heterocycles. The molecule has 0 aliphatic carbocycles. The van der Waals surface area contributed by atoms with Crippen molar-refractivity contribution >= 4 is 18.2 Å². The van der Waals surface area contributed by atoms with Crippen molar-refractivity contribution in [1.82, 2.24) is 0 Å². The standard InChI is InChI=1S/C5H7NS/c1-5-2-3-6-7-4-5/h3-4H,2H2,1H3. The van der Waals surface area contributed by atoms with Gasteiger partial charge in [-0.1, -0.05) is 5.57 Å². The van der Waals surface area contributed by atoms with Crippen LogP contribution in [0.1, 0.15) is 13.3 Å². The molecule has 0 saturated heterocycles. The molecule has 1 heterocycles. The SMILES string of the molecule is CC1=CSN=CC1. The van der Waals surface area contributed by atoms with Gasteiger partial charge in [-0.15, -0.1) is 0 Å². The van der Waals surface area contributed by atoms with Crippen molar-refractivity contribution in [1.29, 1.82) is 0 Å². The van der Waals surface area contributed by atoms with Gasteiger partial charge in [-0.25, -0.2) is 4.40 Å². The Morgan fingerprint density at radius 3 is 3.00 bits per heavy atom. The Morgan fingerprint density at radius 1 is 1.86 bits per heavy atom. The molecule has 0 bridgehead atoms. The van der Waals surface area contributed by atoms with Gasteiger partial charge in [0, 0.05) is 24.6 Å². The fraction of sp³-hybridized carbons (Fsp3) is 0.400. The fourth-order valence-electron chi connectivity index (χ4n) is 0.393. The number of rotatable bonds is 0. The maximum absolute atomic E-state index is 3.94. The number of nitrogens with zero attached hydrogens (tertiary/aromatic N) is 1. The molecule has 1 rings (SSSR count). The van der Waals surface area contributed by atoms with Gasteiger partial charge >= 0.3 is 0 Å². The second kappa shape index (κ2) is 2.17. The van der Waals surface area contributed by atoms with E-state index in [1.807, 2.05) is 6.21 Å². The van der Waals surface area contributed by atoms with Gasteiger partial charge in [0.15, 0.2) is 0 Å². The molecule has 0 aromatic carbocycles. The third-order valence-corrected chi connectivity index (χ3v) is 1.58. The molecular formula is C5H7NS. The van der Waals surface area contributed by atoms with E-state index in [1.165, 1.54) is 17.5 Å². The van der Waals surface area contributed by atoms with E-state index in [-0.39, 0.29) is 0 Å². The molecule has 0 unspecified atom stereocenters. The summed E-state index contributed by atoms with van der Waals surface area (Å²) < 4.78 is 3.94. The molecule has 38 valence electrons. The van der Waals surface area contributed by atoms with Crippen LogP contribution in [0.2, 0.25) is 0 Å². The summed E-state index contributed by atoms with van der Waals surface area (Å²) in [6.07, 6.45) is 2.97. The van der Waals surface area contributed by atoms with Gasteiger partial charge in [0.2, 0.25) is 0 Å². The summed E-state index contributed by atoms with van der Waals surface area (Å²) in [7, 11) is 0. The highest BCUT2D eigenvalue weighted by Gasteiger charge is 1.89. The lowest BCUT2D eigenvalue weighted by atomic mass is 10.3. The summed E-state index contributed by atoms with van der Waals surface area (Å²) in [5.41, 5.74) is 1.40. The van der Waals surface area contributed by atoms with Crippen LogP contribution in [0.5, 0.6) is 0 Å². The van der Waals surface area contributed by atoms with Crippen LogP contribution in [0.3, 0.4) is 0 Å². The smallest absolute Gasteiger partial charge is 0.0170 e. The van der Waals surface area contributed by atoms with E-state index in [0.717, 1.165) is 6.42 Å². The molecule has 1 aliphatic heterocycles. The maximum atomic E-state index is 3.94. The first kappa shape index (κ1) is 4.91. The largest absolute Gasteiger partial charge is 0.224 e. The van der Waals surface area contributed by atoms with Crippen LogP contribution < -0.4 is 0 Å². The first-order valence-electron chi connectivity index (χ1n) is 2.23. The summed E-state index contributed by atoms with van der Waals surface area (Å²) in [6, 6.07) is 0. The summed E-state index contributed by atoms with van der Waals surface area (Å²) in [5, 5.41) is 2.07. The van der Waals surface area contributed by atoms with Gasteiger partial charge in [0.25, 0.3) is 0 Å². The molecule has 1 nitrogen and oxygen atoms in total. The minimum absolute atomic E-state index is 1.03. The summed E-state index contributed by atoms with van der Waals surface area (Å²) in [6.45, 7) is 2.11. The lowest BCUT2D eigenvalue weighted by Gasteiger charge is -1.96. The molecule has 0 N–H and O–H groups in total. The Kier molecular flexibility index (Phi) is 1.52. The van der Waals surface area contributed by atoms with E-state index >= 15 is 0 Å². The van der Waals surface area contributed by atoms with Crippen LogP contribution in [-0.4, -0.2) is 6.21 Å². The number of hydrogen-bond acceptors (Lipinski definition) is 2. The van der Waals surface area contributed by atoms with Crippen molar-refractivity contribution < 1.29 is 0 Å². The Balaban J connectivity index is 2.50. The lowest BCUT2D eigenvalue weighted by Crippen LogP contribution is -1.79. The van der Waals surface area contributed by atoms with E-state index in [1.54, 1.807) is 0 Å². The summed E-state index contributed by atoms with van der Waals surface area (Å²) in [4.78, 5) is 0. The molecule has 0 amide bonds. The quantitative estimate of drug-likeness (QED) is 0.438. The first-order chi connectivity index (χ1) is 3.39. The molecular weight excluding hydrogens is 106 g/mol. The zero-order chi connectivity index (χ0) is 5.11. The number of allylic oxidation sites excluding steroid dienone is 1. The third kappa shape index (κ3) is 1.35. The Hall–Kier alpha value is -0.240. The topological polar surface area (TPSA) is 12.4 Å². The van der Waals surface area contributed by atoms with Gasteiger partial charge in [0.1, 0.15) is 0 Å². The Morgan fingerprint density at radius 2 is 2.71 bits per heavy atom. The highest BCUT2D eigenvalue weighted by Crippen LogP contribution is 2.14. The van der Waals surface area contributed by atoms with Gasteiger partial charge < -0.3 is 0 Å². The average Bonchev–Trinajstić information content (AvgIpc) is 1.69. The van der Waals surface area contributed by atoms with Crippen molar-refractivity contribution in [3.8, 4) is 0 Å². The molecule has 0 saturated carbocycles. The van der Waals surface area contributed by atoms with Crippen molar-refractivity contribution in [3.63, 3.8) is 0 Å². The predicted molar refractivity (Wildman–Crippen MR) is 34.5 cm³/mol. The van der Waals surface area contributed by atoms with E-state index < -0.39 is 0 Å². The van der Waals surface area contributed by atoms with Crippen molar-refractivity contribution in [2.45, 2.75) is 13.3 Å². The second-order valence-corrected chi connectivity index (χ2v) is 2.22. The predicted octanol–water partition coefficient (Wildman–Crippen LogP) is 2.01. The lowest BCUT2D eigenvalue weighted by molar-refractivity contribution is 1.30.